The molecule has 9 heteroatoms. The Morgan fingerprint density at radius 1 is 0.947 bits per heavy atom. The number of aryl methyl sites for hydroxylation is 1. The molecule has 0 radical (unpaired) electrons. The van der Waals surface area contributed by atoms with Crippen LogP contribution in [-0.4, -0.2) is 43.8 Å². The summed E-state index contributed by atoms with van der Waals surface area (Å²) in [4.78, 5) is 28.4. The fraction of sp³-hybridized carbons (Fsp3) is 0.310. The number of nitrogens with one attached hydrogen (secondary N) is 1. The summed E-state index contributed by atoms with van der Waals surface area (Å²) < 4.78 is 29.4. The molecule has 2 atom stereocenters. The number of hydrogen-bond donors (Lipinski definition) is 1. The van der Waals surface area contributed by atoms with Crippen LogP contribution in [0.3, 0.4) is 0 Å². The van der Waals surface area contributed by atoms with Crippen molar-refractivity contribution in [3.63, 3.8) is 0 Å². The first-order valence-corrected chi connectivity index (χ1v) is 14.7. The Morgan fingerprint density at radius 3 is 2.21 bits per heavy atom. The van der Waals surface area contributed by atoms with Gasteiger partial charge >= 0.3 is 0 Å². The highest BCUT2D eigenvalue weighted by Crippen LogP contribution is 2.27. The van der Waals surface area contributed by atoms with Crippen molar-refractivity contribution in [3.05, 3.63) is 94.5 Å². The topological polar surface area (TPSA) is 86.8 Å². The molecule has 0 heterocycles. The molecular weight excluding hydrogens is 566 g/mol. The van der Waals surface area contributed by atoms with E-state index in [0.717, 1.165) is 21.9 Å². The summed E-state index contributed by atoms with van der Waals surface area (Å²) in [6.07, 6.45) is 0.747. The summed E-state index contributed by atoms with van der Waals surface area (Å²) in [7, 11) is -4.09. The maximum atomic E-state index is 13.9. The Morgan fingerprint density at radius 2 is 1.61 bits per heavy atom. The second kappa shape index (κ2) is 13.1. The molecule has 3 rings (SSSR count). The average Bonchev–Trinajstić information content (AvgIpc) is 2.90. The molecule has 7 nitrogen and oxygen atoms in total. The van der Waals surface area contributed by atoms with Crippen LogP contribution in [0.4, 0.5) is 5.69 Å². The fourth-order valence-electron chi connectivity index (χ4n) is 3.83. The van der Waals surface area contributed by atoms with Crippen molar-refractivity contribution in [2.24, 2.45) is 0 Å². The monoisotopic (exact) mass is 599 g/mol. The average molecular weight is 601 g/mol. The predicted molar refractivity (Wildman–Crippen MR) is 154 cm³/mol. The lowest BCUT2D eigenvalue weighted by Crippen LogP contribution is -2.52. The Labute approximate surface area is 234 Å². The van der Waals surface area contributed by atoms with Crippen molar-refractivity contribution in [1.29, 1.82) is 0 Å². The van der Waals surface area contributed by atoms with Crippen LogP contribution < -0.4 is 9.62 Å². The zero-order valence-corrected chi connectivity index (χ0v) is 24.5. The zero-order chi connectivity index (χ0) is 27.9. The van der Waals surface area contributed by atoms with Crippen molar-refractivity contribution in [2.75, 3.05) is 10.8 Å². The fourth-order valence-corrected chi connectivity index (χ4v) is 5.62. The maximum Gasteiger partial charge on any atom is 0.264 e. The van der Waals surface area contributed by atoms with Crippen molar-refractivity contribution in [1.82, 2.24) is 10.2 Å². The van der Waals surface area contributed by atoms with Gasteiger partial charge in [0.1, 0.15) is 12.6 Å². The second-order valence-corrected chi connectivity index (χ2v) is 12.1. The molecule has 3 aromatic rings. The molecule has 0 aliphatic heterocycles. The summed E-state index contributed by atoms with van der Waals surface area (Å²) in [6, 6.07) is 21.8. The first-order chi connectivity index (χ1) is 18.0. The Balaban J connectivity index is 2.01. The first kappa shape index (κ1) is 29.4. The third-order valence-corrected chi connectivity index (χ3v) is 8.63. The number of anilines is 1. The zero-order valence-electron chi connectivity index (χ0n) is 22.1. The molecule has 0 aromatic heterocycles. The number of amides is 2. The van der Waals surface area contributed by atoms with Gasteiger partial charge < -0.3 is 10.2 Å². The number of rotatable bonds is 11. The van der Waals surface area contributed by atoms with Gasteiger partial charge in [0.2, 0.25) is 11.8 Å². The van der Waals surface area contributed by atoms with E-state index in [0.29, 0.717) is 10.2 Å². The molecule has 0 saturated heterocycles. The molecule has 202 valence electrons. The summed E-state index contributed by atoms with van der Waals surface area (Å²) in [5, 5.41) is 2.93. The van der Waals surface area contributed by atoms with E-state index in [1.54, 1.807) is 43.3 Å². The van der Waals surface area contributed by atoms with E-state index < -0.39 is 28.5 Å². The lowest BCUT2D eigenvalue weighted by Gasteiger charge is -2.32. The predicted octanol–water partition coefficient (Wildman–Crippen LogP) is 5.28. The summed E-state index contributed by atoms with van der Waals surface area (Å²) >= 11 is 3.40. The number of benzene rings is 3. The molecule has 2 amide bonds. The molecule has 0 spiro atoms. The van der Waals surface area contributed by atoms with Crippen LogP contribution >= 0.6 is 15.9 Å². The van der Waals surface area contributed by atoms with Crippen LogP contribution in [0.1, 0.15) is 38.3 Å². The first-order valence-electron chi connectivity index (χ1n) is 12.5. The minimum atomic E-state index is -4.09. The number of nitrogens with zero attached hydrogens (tertiary/aromatic N) is 2. The van der Waals surface area contributed by atoms with E-state index in [9.17, 15) is 18.0 Å². The molecule has 38 heavy (non-hydrogen) atoms. The number of sulfonamides is 1. The van der Waals surface area contributed by atoms with E-state index in [1.807, 2.05) is 51.1 Å². The molecule has 0 saturated carbocycles. The largest absolute Gasteiger partial charge is 0.352 e. The van der Waals surface area contributed by atoms with Gasteiger partial charge in [0.15, 0.2) is 0 Å². The van der Waals surface area contributed by atoms with Gasteiger partial charge in [-0.05, 0) is 63.1 Å². The third-order valence-electron chi connectivity index (χ3n) is 6.35. The Kier molecular flexibility index (Phi) is 10.1. The Bertz CT molecular complexity index is 1350. The van der Waals surface area contributed by atoms with E-state index in [4.69, 9.17) is 0 Å². The van der Waals surface area contributed by atoms with Crippen LogP contribution in [0.25, 0.3) is 0 Å². The van der Waals surface area contributed by atoms with Gasteiger partial charge in [-0.1, -0.05) is 76.9 Å². The van der Waals surface area contributed by atoms with Gasteiger partial charge in [0.25, 0.3) is 10.0 Å². The second-order valence-electron chi connectivity index (χ2n) is 9.31. The number of halogens is 1. The quantitative estimate of drug-likeness (QED) is 0.324. The van der Waals surface area contributed by atoms with Gasteiger partial charge in [0, 0.05) is 17.1 Å². The van der Waals surface area contributed by atoms with Crippen LogP contribution in [-0.2, 0) is 26.2 Å². The van der Waals surface area contributed by atoms with Gasteiger partial charge in [-0.2, -0.15) is 0 Å². The Hall–Kier alpha value is -3.17. The molecule has 0 bridgehead atoms. The molecule has 3 aromatic carbocycles. The van der Waals surface area contributed by atoms with Gasteiger partial charge in [-0.3, -0.25) is 13.9 Å². The van der Waals surface area contributed by atoms with Crippen LogP contribution in [0.5, 0.6) is 0 Å². The van der Waals surface area contributed by atoms with Gasteiger partial charge in [-0.25, -0.2) is 8.42 Å². The van der Waals surface area contributed by atoms with Crippen LogP contribution in [0, 0.1) is 6.92 Å². The lowest BCUT2D eigenvalue weighted by atomic mass is 10.1. The van der Waals surface area contributed by atoms with Gasteiger partial charge in [0.05, 0.1) is 10.6 Å². The van der Waals surface area contributed by atoms with E-state index >= 15 is 0 Å². The molecule has 0 aliphatic rings. The SMILES string of the molecule is CC[C@H](C)NC(=O)[C@@H](C)N(Cc1ccccc1)C(=O)CN(c1cccc(Br)c1)S(=O)(=O)c1ccc(C)cc1. The number of hydrogen-bond acceptors (Lipinski definition) is 4. The highest BCUT2D eigenvalue weighted by molar-refractivity contribution is 9.10. The van der Waals surface area contributed by atoms with E-state index in [1.165, 1.54) is 17.0 Å². The molecule has 0 fully saturated rings. The van der Waals surface area contributed by atoms with Crippen molar-refractivity contribution >= 4 is 43.5 Å². The van der Waals surface area contributed by atoms with Crippen molar-refractivity contribution < 1.29 is 18.0 Å². The summed E-state index contributed by atoms with van der Waals surface area (Å²) in [5.74, 6) is -0.782. The van der Waals surface area contributed by atoms with E-state index in [-0.39, 0.29) is 23.4 Å². The normalized spacial score (nSPS) is 12.9. The number of carbonyl (C=O) groups excluding carboxylic acids is 2. The minimum absolute atomic E-state index is 0.0568. The highest BCUT2D eigenvalue weighted by Gasteiger charge is 2.32. The molecule has 0 unspecified atom stereocenters. The van der Waals surface area contributed by atoms with Crippen LogP contribution in [0.15, 0.2) is 88.2 Å². The standard InChI is InChI=1S/C29H34BrN3O4S/c1-5-22(3)31-29(35)23(4)32(19-24-10-7-6-8-11-24)28(34)20-33(26-13-9-12-25(30)18-26)38(36,37)27-16-14-21(2)15-17-27/h6-18,22-23H,5,19-20H2,1-4H3,(H,31,35)/t22-,23+/m0/s1. The van der Waals surface area contributed by atoms with Crippen molar-refractivity contribution in [3.8, 4) is 0 Å². The summed E-state index contributed by atoms with van der Waals surface area (Å²) in [5.41, 5.74) is 2.09. The maximum absolute atomic E-state index is 13.9. The third kappa shape index (κ3) is 7.45. The lowest BCUT2D eigenvalue weighted by molar-refractivity contribution is -0.139. The smallest absolute Gasteiger partial charge is 0.264 e. The van der Waals surface area contributed by atoms with E-state index in [2.05, 4.69) is 21.2 Å². The molecular formula is C29H34BrN3O4S. The number of carbonyl (C=O) groups is 2. The summed E-state index contributed by atoms with van der Waals surface area (Å²) in [6.45, 7) is 7.09. The van der Waals surface area contributed by atoms with Gasteiger partial charge in [-0.15, -0.1) is 0 Å². The highest BCUT2D eigenvalue weighted by atomic mass is 79.9. The minimum Gasteiger partial charge on any atom is -0.352 e. The van der Waals surface area contributed by atoms with Crippen molar-refractivity contribution in [2.45, 2.75) is 57.6 Å². The van der Waals surface area contributed by atoms with Crippen LogP contribution in [0.2, 0.25) is 0 Å². The molecule has 0 aliphatic carbocycles. The molecule has 1 N–H and O–H groups in total.